The van der Waals surface area contributed by atoms with E-state index < -0.39 is 0 Å². The van der Waals surface area contributed by atoms with Gasteiger partial charge in [0.15, 0.2) is 0 Å². The van der Waals surface area contributed by atoms with Gasteiger partial charge in [-0.25, -0.2) is 9.97 Å². The lowest BCUT2D eigenvalue weighted by Gasteiger charge is -2.22. The molecule has 0 saturated heterocycles. The monoisotopic (exact) mass is 237 g/mol. The molecule has 0 aliphatic heterocycles. The van der Waals surface area contributed by atoms with Crippen molar-refractivity contribution in [2.75, 3.05) is 24.6 Å². The minimum Gasteiger partial charge on any atom is -0.395 e. The highest BCUT2D eigenvalue weighted by Crippen LogP contribution is 2.21. The third-order valence-corrected chi connectivity index (χ3v) is 2.50. The van der Waals surface area contributed by atoms with E-state index in [2.05, 4.69) is 37.7 Å². The SMILES string of the molecule is CCN(CCO)c1cc(CC(C)(C)C)ncn1. The van der Waals surface area contributed by atoms with Gasteiger partial charge in [-0.15, -0.1) is 0 Å². The van der Waals surface area contributed by atoms with Gasteiger partial charge in [-0.2, -0.15) is 0 Å². The molecule has 0 atom stereocenters. The van der Waals surface area contributed by atoms with Crippen LogP contribution >= 0.6 is 0 Å². The Morgan fingerprint density at radius 1 is 1.29 bits per heavy atom. The van der Waals surface area contributed by atoms with Crippen molar-refractivity contribution < 1.29 is 5.11 Å². The van der Waals surface area contributed by atoms with Gasteiger partial charge in [-0.3, -0.25) is 0 Å². The number of nitrogens with zero attached hydrogens (tertiary/aromatic N) is 3. The lowest BCUT2D eigenvalue weighted by Crippen LogP contribution is -2.27. The van der Waals surface area contributed by atoms with Crippen LogP contribution in [0.25, 0.3) is 0 Å². The van der Waals surface area contributed by atoms with E-state index in [4.69, 9.17) is 5.11 Å². The average Bonchev–Trinajstić information content (AvgIpc) is 2.24. The van der Waals surface area contributed by atoms with Gasteiger partial charge in [0.1, 0.15) is 12.1 Å². The van der Waals surface area contributed by atoms with Crippen molar-refractivity contribution in [2.24, 2.45) is 5.41 Å². The lowest BCUT2D eigenvalue weighted by atomic mass is 9.90. The van der Waals surface area contributed by atoms with Crippen LogP contribution in [0.15, 0.2) is 12.4 Å². The minimum absolute atomic E-state index is 0.145. The van der Waals surface area contributed by atoms with E-state index in [-0.39, 0.29) is 12.0 Å². The Morgan fingerprint density at radius 2 is 2.00 bits per heavy atom. The van der Waals surface area contributed by atoms with Crippen molar-refractivity contribution in [1.82, 2.24) is 9.97 Å². The summed E-state index contributed by atoms with van der Waals surface area (Å²) in [4.78, 5) is 10.6. The molecular weight excluding hydrogens is 214 g/mol. The summed E-state index contributed by atoms with van der Waals surface area (Å²) >= 11 is 0. The first-order valence-electron chi connectivity index (χ1n) is 6.13. The zero-order valence-corrected chi connectivity index (χ0v) is 11.3. The van der Waals surface area contributed by atoms with Gasteiger partial charge in [0.2, 0.25) is 0 Å². The number of likely N-dealkylation sites (N-methyl/N-ethyl adjacent to an activating group) is 1. The molecule has 17 heavy (non-hydrogen) atoms. The number of rotatable bonds is 5. The van der Waals surface area contributed by atoms with Gasteiger partial charge in [0.05, 0.1) is 6.61 Å². The van der Waals surface area contributed by atoms with Crippen molar-refractivity contribution in [3.8, 4) is 0 Å². The molecule has 0 aliphatic rings. The fourth-order valence-corrected chi connectivity index (χ4v) is 1.75. The second kappa shape index (κ2) is 5.96. The molecule has 4 heteroatoms. The molecule has 0 saturated carbocycles. The Labute approximate surface area is 104 Å². The number of aliphatic hydroxyl groups is 1. The first-order valence-corrected chi connectivity index (χ1v) is 6.13. The van der Waals surface area contributed by atoms with E-state index in [1.165, 1.54) is 0 Å². The molecular formula is C13H23N3O. The maximum Gasteiger partial charge on any atom is 0.132 e. The van der Waals surface area contributed by atoms with E-state index >= 15 is 0 Å². The Kier molecular flexibility index (Phi) is 4.87. The predicted octanol–water partition coefficient (Wildman–Crippen LogP) is 1.88. The van der Waals surface area contributed by atoms with Crippen LogP contribution in [0.1, 0.15) is 33.4 Å². The molecule has 1 aromatic heterocycles. The van der Waals surface area contributed by atoms with Crippen molar-refractivity contribution in [3.63, 3.8) is 0 Å². The van der Waals surface area contributed by atoms with Gasteiger partial charge < -0.3 is 10.0 Å². The molecule has 96 valence electrons. The standard InChI is InChI=1S/C13H23N3O/c1-5-16(6-7-17)12-8-11(14-10-15-12)9-13(2,3)4/h8,10,17H,5-7,9H2,1-4H3. The van der Waals surface area contributed by atoms with Crippen LogP contribution in [0.2, 0.25) is 0 Å². The van der Waals surface area contributed by atoms with Gasteiger partial charge in [0, 0.05) is 24.8 Å². The summed E-state index contributed by atoms with van der Waals surface area (Å²) in [5, 5.41) is 9.00. The fraction of sp³-hybridized carbons (Fsp3) is 0.692. The zero-order valence-electron chi connectivity index (χ0n) is 11.3. The molecule has 0 fully saturated rings. The number of aliphatic hydroxyl groups excluding tert-OH is 1. The third kappa shape index (κ3) is 4.69. The fourth-order valence-electron chi connectivity index (χ4n) is 1.75. The normalized spacial score (nSPS) is 11.6. The van der Waals surface area contributed by atoms with E-state index in [0.29, 0.717) is 6.54 Å². The quantitative estimate of drug-likeness (QED) is 0.849. The molecule has 0 radical (unpaired) electrons. The molecule has 0 amide bonds. The van der Waals surface area contributed by atoms with Crippen LogP contribution in [-0.2, 0) is 6.42 Å². The smallest absolute Gasteiger partial charge is 0.132 e. The van der Waals surface area contributed by atoms with Gasteiger partial charge in [-0.1, -0.05) is 20.8 Å². The first-order chi connectivity index (χ1) is 7.96. The molecule has 0 aromatic carbocycles. The molecule has 1 N–H and O–H groups in total. The maximum atomic E-state index is 9.00. The number of anilines is 1. The van der Waals surface area contributed by atoms with Crippen molar-refractivity contribution in [3.05, 3.63) is 18.1 Å². The summed E-state index contributed by atoms with van der Waals surface area (Å²) < 4.78 is 0. The minimum atomic E-state index is 0.145. The van der Waals surface area contributed by atoms with E-state index in [1.54, 1.807) is 6.33 Å². The summed E-state index contributed by atoms with van der Waals surface area (Å²) in [6.07, 6.45) is 2.54. The molecule has 1 aromatic rings. The molecule has 0 unspecified atom stereocenters. The molecule has 0 spiro atoms. The van der Waals surface area contributed by atoms with Crippen LogP contribution < -0.4 is 4.90 Å². The maximum absolute atomic E-state index is 9.00. The highest BCUT2D eigenvalue weighted by Gasteiger charge is 2.14. The summed E-state index contributed by atoms with van der Waals surface area (Å²) in [6, 6.07) is 2.02. The lowest BCUT2D eigenvalue weighted by molar-refractivity contribution is 0.302. The summed E-state index contributed by atoms with van der Waals surface area (Å²) in [7, 11) is 0. The highest BCUT2D eigenvalue weighted by molar-refractivity contribution is 5.38. The predicted molar refractivity (Wildman–Crippen MR) is 70.2 cm³/mol. The Hall–Kier alpha value is -1.16. The van der Waals surface area contributed by atoms with E-state index in [0.717, 1.165) is 24.5 Å². The highest BCUT2D eigenvalue weighted by atomic mass is 16.3. The zero-order chi connectivity index (χ0) is 12.9. The molecule has 1 rings (SSSR count). The third-order valence-electron chi connectivity index (χ3n) is 2.50. The Balaban J connectivity index is 2.84. The molecule has 0 aliphatic carbocycles. The first kappa shape index (κ1) is 13.9. The average molecular weight is 237 g/mol. The summed E-state index contributed by atoms with van der Waals surface area (Å²) in [5.74, 6) is 0.899. The summed E-state index contributed by atoms with van der Waals surface area (Å²) in [5.41, 5.74) is 1.28. The van der Waals surface area contributed by atoms with Crippen LogP contribution in [-0.4, -0.2) is 34.8 Å². The van der Waals surface area contributed by atoms with Crippen molar-refractivity contribution >= 4 is 5.82 Å². The second-order valence-electron chi connectivity index (χ2n) is 5.41. The molecule has 1 heterocycles. The van der Waals surface area contributed by atoms with Gasteiger partial charge >= 0.3 is 0 Å². The van der Waals surface area contributed by atoms with Crippen molar-refractivity contribution in [1.29, 1.82) is 0 Å². The number of aromatic nitrogens is 2. The second-order valence-corrected chi connectivity index (χ2v) is 5.41. The largest absolute Gasteiger partial charge is 0.395 e. The molecule has 0 bridgehead atoms. The number of hydrogen-bond donors (Lipinski definition) is 1. The Morgan fingerprint density at radius 3 is 2.53 bits per heavy atom. The van der Waals surface area contributed by atoms with Crippen molar-refractivity contribution in [2.45, 2.75) is 34.1 Å². The van der Waals surface area contributed by atoms with E-state index in [9.17, 15) is 0 Å². The summed E-state index contributed by atoms with van der Waals surface area (Å²) in [6.45, 7) is 10.2. The molecule has 4 nitrogen and oxygen atoms in total. The van der Waals surface area contributed by atoms with E-state index in [1.807, 2.05) is 11.0 Å². The number of hydrogen-bond acceptors (Lipinski definition) is 4. The van der Waals surface area contributed by atoms with Gasteiger partial charge in [-0.05, 0) is 18.8 Å². The van der Waals surface area contributed by atoms with Gasteiger partial charge in [0.25, 0.3) is 0 Å². The van der Waals surface area contributed by atoms with Crippen LogP contribution in [0.4, 0.5) is 5.82 Å². The van der Waals surface area contributed by atoms with Crippen LogP contribution in [0, 0.1) is 5.41 Å². The Bertz CT molecular complexity index is 347. The van der Waals surface area contributed by atoms with Crippen LogP contribution in [0.5, 0.6) is 0 Å². The van der Waals surface area contributed by atoms with Crippen LogP contribution in [0.3, 0.4) is 0 Å². The topological polar surface area (TPSA) is 49.2 Å².